The van der Waals surface area contributed by atoms with Gasteiger partial charge in [0.2, 0.25) is 0 Å². The van der Waals surface area contributed by atoms with E-state index in [0.29, 0.717) is 0 Å². The van der Waals surface area contributed by atoms with Crippen molar-refractivity contribution in [3.05, 3.63) is 56.6 Å². The molecular formula is C12H10O7V. The van der Waals surface area contributed by atoms with Gasteiger partial charge >= 0.3 is 21.0 Å². The first-order chi connectivity index (χ1) is 9.43. The molecule has 0 fully saturated rings. The number of aryl methyl sites for hydroxylation is 2. The summed E-state index contributed by atoms with van der Waals surface area (Å²) in [5.41, 5.74) is -1.03. The number of hydrogen-bond donors (Lipinski definition) is 0. The van der Waals surface area contributed by atoms with Crippen LogP contribution < -0.4 is 21.1 Å². The average Bonchev–Trinajstić information content (AvgIpc) is 2.45. The van der Waals surface area contributed by atoms with Gasteiger partial charge in [-0.25, -0.2) is 0 Å². The van der Waals surface area contributed by atoms with Crippen LogP contribution >= 0.6 is 0 Å². The maximum absolute atomic E-state index is 10.6. The quantitative estimate of drug-likeness (QED) is 0.665. The third kappa shape index (κ3) is 5.25. The summed E-state index contributed by atoms with van der Waals surface area (Å²) in [5, 5.41) is 21.1. The summed E-state index contributed by atoms with van der Waals surface area (Å²) < 4.78 is 17.4. The fourth-order valence-electron chi connectivity index (χ4n) is 1.00. The molecule has 0 saturated heterocycles. The Morgan fingerprint density at radius 2 is 1.15 bits per heavy atom. The molecule has 0 N–H and O–H groups in total. The Labute approximate surface area is 122 Å². The summed E-state index contributed by atoms with van der Waals surface area (Å²) in [6.07, 6.45) is 2.41. The minimum atomic E-state index is -0.558. The fraction of sp³-hybridized carbons (Fsp3) is 0.167. The molecule has 0 atom stereocenters. The molecular weight excluding hydrogens is 307 g/mol. The first-order valence-corrected chi connectivity index (χ1v) is 5.69. The van der Waals surface area contributed by atoms with Crippen LogP contribution in [-0.2, 0) is 21.0 Å². The molecule has 2 aromatic heterocycles. The van der Waals surface area contributed by atoms with E-state index in [1.54, 1.807) is 0 Å². The van der Waals surface area contributed by atoms with E-state index < -0.39 is 22.4 Å². The van der Waals surface area contributed by atoms with Crippen LogP contribution in [0.2, 0.25) is 0 Å². The third-order valence-corrected chi connectivity index (χ3v) is 2.02. The van der Waals surface area contributed by atoms with Gasteiger partial charge in [0, 0.05) is 12.1 Å². The zero-order chi connectivity index (χ0) is 15.7. The second-order valence-corrected chi connectivity index (χ2v) is 3.34. The zero-order valence-electron chi connectivity index (χ0n) is 10.6. The van der Waals surface area contributed by atoms with Crippen LogP contribution in [0.3, 0.4) is 0 Å². The monoisotopic (exact) mass is 317 g/mol. The van der Waals surface area contributed by atoms with Gasteiger partial charge in [0.25, 0.3) is 0 Å². The van der Waals surface area contributed by atoms with E-state index in [9.17, 15) is 19.8 Å². The molecule has 0 spiro atoms. The molecule has 20 heavy (non-hydrogen) atoms. The normalized spacial score (nSPS) is 8.80. The summed E-state index contributed by atoms with van der Waals surface area (Å²) in [6.45, 7) is 2.92. The molecule has 2 rings (SSSR count). The average molecular weight is 317 g/mol. The van der Waals surface area contributed by atoms with Gasteiger partial charge in [-0.05, 0) is 25.3 Å². The Bertz CT molecular complexity index is 602. The van der Waals surface area contributed by atoms with Crippen molar-refractivity contribution < 1.29 is 40.1 Å². The van der Waals surface area contributed by atoms with Crippen molar-refractivity contribution in [1.82, 2.24) is 0 Å². The van der Waals surface area contributed by atoms with Gasteiger partial charge in [-0.2, -0.15) is 0 Å². The van der Waals surface area contributed by atoms with Gasteiger partial charge in [-0.1, -0.05) is 0 Å². The van der Waals surface area contributed by atoms with E-state index in [1.807, 2.05) is 0 Å². The van der Waals surface area contributed by atoms with Gasteiger partial charge < -0.3 is 19.0 Å². The molecule has 105 valence electrons. The molecule has 0 aromatic carbocycles. The molecule has 0 aliphatic rings. The molecule has 0 aliphatic heterocycles. The van der Waals surface area contributed by atoms with E-state index in [1.165, 1.54) is 26.4 Å². The van der Waals surface area contributed by atoms with Gasteiger partial charge in [0.05, 0.1) is 24.0 Å². The second kappa shape index (κ2) is 8.90. The predicted molar refractivity (Wildman–Crippen MR) is 59.0 cm³/mol. The predicted octanol–water partition coefficient (Wildman–Crippen LogP) is -0.0777. The topological polar surface area (TPSA) is 124 Å². The molecule has 0 aliphatic carbocycles. The Hall–Kier alpha value is -2.12. The van der Waals surface area contributed by atoms with Crippen LogP contribution in [0.15, 0.2) is 43.1 Å². The van der Waals surface area contributed by atoms with Gasteiger partial charge in [0.15, 0.2) is 10.9 Å². The third-order valence-electron chi connectivity index (χ3n) is 2.02. The molecule has 7 nitrogen and oxygen atoms in total. The van der Waals surface area contributed by atoms with Crippen molar-refractivity contribution in [2.75, 3.05) is 0 Å². The minimum absolute atomic E-state index is 0.141. The summed E-state index contributed by atoms with van der Waals surface area (Å²) >= 11 is 1.06. The Morgan fingerprint density at radius 3 is 1.35 bits per heavy atom. The summed E-state index contributed by atoms with van der Waals surface area (Å²) in [7, 11) is 0. The van der Waals surface area contributed by atoms with Crippen molar-refractivity contribution in [3.63, 3.8) is 0 Å². The van der Waals surface area contributed by atoms with E-state index in [2.05, 4.69) is 8.83 Å². The molecule has 0 unspecified atom stereocenters. The first-order valence-electron chi connectivity index (χ1n) is 5.12. The summed E-state index contributed by atoms with van der Waals surface area (Å²) in [5.74, 6) is -0.833. The van der Waals surface area contributed by atoms with E-state index in [-0.39, 0.29) is 11.5 Å². The van der Waals surface area contributed by atoms with Gasteiger partial charge in [0.1, 0.15) is 0 Å². The SMILES string of the molecule is Cc1occc(=O)c1[O-].Cc1occc(=O)c1[O-].[O]=[V+2]. The fourth-order valence-corrected chi connectivity index (χ4v) is 1.00. The van der Waals surface area contributed by atoms with Crippen LogP contribution in [0.25, 0.3) is 0 Å². The van der Waals surface area contributed by atoms with E-state index in [4.69, 9.17) is 3.67 Å². The summed E-state index contributed by atoms with van der Waals surface area (Å²) in [4.78, 5) is 20.9. The van der Waals surface area contributed by atoms with Crippen molar-refractivity contribution >= 4 is 0 Å². The second-order valence-electron chi connectivity index (χ2n) is 3.34. The Balaban J connectivity index is 0.000000321. The maximum atomic E-state index is 10.6. The van der Waals surface area contributed by atoms with Crippen LogP contribution in [0.4, 0.5) is 0 Å². The van der Waals surface area contributed by atoms with Crippen molar-refractivity contribution in [3.8, 4) is 11.5 Å². The Kier molecular flexibility index (Phi) is 7.95. The van der Waals surface area contributed by atoms with Gasteiger partial charge in [-0.15, -0.1) is 0 Å². The van der Waals surface area contributed by atoms with Gasteiger partial charge in [-0.3, -0.25) is 9.59 Å². The van der Waals surface area contributed by atoms with Crippen LogP contribution in [0, 0.1) is 13.8 Å². The molecule has 0 saturated carbocycles. The summed E-state index contributed by atoms with van der Waals surface area (Å²) in [6, 6.07) is 2.21. The number of rotatable bonds is 0. The molecule has 2 aromatic rings. The van der Waals surface area contributed by atoms with Crippen molar-refractivity contribution in [1.29, 1.82) is 0 Å². The van der Waals surface area contributed by atoms with Crippen molar-refractivity contribution in [2.24, 2.45) is 0 Å². The Morgan fingerprint density at radius 1 is 0.850 bits per heavy atom. The van der Waals surface area contributed by atoms with E-state index in [0.717, 1.165) is 29.5 Å². The van der Waals surface area contributed by atoms with Crippen LogP contribution in [-0.4, -0.2) is 0 Å². The molecule has 0 bridgehead atoms. The molecule has 0 amide bonds. The standard InChI is InChI=1S/2C6H6O3.O.V/c2*1-4-6(8)5(7)2-3-9-4;;/h2*2-3,8H,1H3;;/q;;;+2/p-2. The van der Waals surface area contributed by atoms with Crippen LogP contribution in [0.5, 0.6) is 11.5 Å². The first kappa shape index (κ1) is 17.9. The number of hydrogen-bond acceptors (Lipinski definition) is 7. The van der Waals surface area contributed by atoms with E-state index >= 15 is 0 Å². The zero-order valence-corrected chi connectivity index (χ0v) is 12.0. The van der Waals surface area contributed by atoms with Crippen LogP contribution in [0.1, 0.15) is 11.5 Å². The molecule has 0 radical (unpaired) electrons. The molecule has 2 heterocycles. The van der Waals surface area contributed by atoms with Crippen molar-refractivity contribution in [2.45, 2.75) is 13.8 Å². The molecule has 8 heteroatoms.